The van der Waals surface area contributed by atoms with Crippen molar-refractivity contribution in [3.8, 4) is 0 Å². The SMILES string of the molecule is CC(CC(=O)O)OCCC(C)(C)OCCN. The van der Waals surface area contributed by atoms with Crippen molar-refractivity contribution in [2.75, 3.05) is 19.8 Å². The van der Waals surface area contributed by atoms with E-state index in [1.807, 2.05) is 13.8 Å². The molecule has 0 aliphatic carbocycles. The Labute approximate surface area is 96.9 Å². The van der Waals surface area contributed by atoms with Crippen LogP contribution in [0.2, 0.25) is 0 Å². The molecule has 0 radical (unpaired) electrons. The smallest absolute Gasteiger partial charge is 0.305 e. The summed E-state index contributed by atoms with van der Waals surface area (Å²) in [5.41, 5.74) is 5.07. The second kappa shape index (κ2) is 7.60. The van der Waals surface area contributed by atoms with E-state index in [1.54, 1.807) is 6.92 Å². The van der Waals surface area contributed by atoms with Gasteiger partial charge in [0.1, 0.15) is 0 Å². The van der Waals surface area contributed by atoms with Crippen LogP contribution in [-0.4, -0.2) is 42.5 Å². The Morgan fingerprint density at radius 1 is 1.44 bits per heavy atom. The molecular weight excluding hydrogens is 210 g/mol. The Morgan fingerprint density at radius 3 is 2.56 bits per heavy atom. The molecule has 0 amide bonds. The number of aliphatic carboxylic acids is 1. The zero-order valence-corrected chi connectivity index (χ0v) is 10.4. The van der Waals surface area contributed by atoms with Crippen molar-refractivity contribution < 1.29 is 19.4 Å². The van der Waals surface area contributed by atoms with Crippen LogP contribution < -0.4 is 5.73 Å². The summed E-state index contributed by atoms with van der Waals surface area (Å²) in [6.45, 7) is 7.20. The molecule has 0 aromatic heterocycles. The molecule has 96 valence electrons. The van der Waals surface area contributed by atoms with Crippen LogP contribution in [0.3, 0.4) is 0 Å². The third-order valence-electron chi connectivity index (χ3n) is 2.18. The van der Waals surface area contributed by atoms with E-state index in [1.165, 1.54) is 0 Å². The van der Waals surface area contributed by atoms with Gasteiger partial charge in [-0.2, -0.15) is 0 Å². The summed E-state index contributed by atoms with van der Waals surface area (Å²) in [6, 6.07) is 0. The monoisotopic (exact) mass is 233 g/mol. The second-order valence-electron chi connectivity index (χ2n) is 4.43. The lowest BCUT2D eigenvalue weighted by Gasteiger charge is -2.25. The van der Waals surface area contributed by atoms with Crippen molar-refractivity contribution in [3.05, 3.63) is 0 Å². The van der Waals surface area contributed by atoms with Gasteiger partial charge in [0.05, 0.1) is 24.7 Å². The van der Waals surface area contributed by atoms with Gasteiger partial charge >= 0.3 is 5.97 Å². The molecule has 3 N–H and O–H groups in total. The molecule has 0 saturated carbocycles. The zero-order chi connectivity index (χ0) is 12.6. The maximum atomic E-state index is 10.4. The lowest BCUT2D eigenvalue weighted by Crippen LogP contribution is -2.29. The number of ether oxygens (including phenoxy) is 2. The van der Waals surface area contributed by atoms with E-state index >= 15 is 0 Å². The van der Waals surface area contributed by atoms with E-state index in [2.05, 4.69) is 0 Å². The summed E-state index contributed by atoms with van der Waals surface area (Å²) < 4.78 is 10.9. The van der Waals surface area contributed by atoms with Crippen molar-refractivity contribution in [2.45, 2.75) is 45.3 Å². The molecule has 0 aromatic rings. The van der Waals surface area contributed by atoms with Gasteiger partial charge in [-0.25, -0.2) is 0 Å². The molecule has 0 spiro atoms. The highest BCUT2D eigenvalue weighted by Crippen LogP contribution is 2.14. The zero-order valence-electron chi connectivity index (χ0n) is 10.4. The minimum absolute atomic E-state index is 0.0318. The number of carbonyl (C=O) groups is 1. The number of hydrogen-bond acceptors (Lipinski definition) is 4. The Morgan fingerprint density at radius 2 is 2.06 bits per heavy atom. The lowest BCUT2D eigenvalue weighted by atomic mass is 10.1. The van der Waals surface area contributed by atoms with Crippen LogP contribution in [0.1, 0.15) is 33.6 Å². The molecule has 0 aliphatic rings. The first-order valence-electron chi connectivity index (χ1n) is 5.55. The van der Waals surface area contributed by atoms with Gasteiger partial charge in [-0.05, 0) is 27.2 Å². The van der Waals surface area contributed by atoms with Crippen molar-refractivity contribution in [3.63, 3.8) is 0 Å². The molecule has 5 nitrogen and oxygen atoms in total. The van der Waals surface area contributed by atoms with E-state index in [9.17, 15) is 4.79 Å². The Kier molecular flexibility index (Phi) is 7.29. The summed E-state index contributed by atoms with van der Waals surface area (Å²) in [5, 5.41) is 8.54. The van der Waals surface area contributed by atoms with E-state index in [-0.39, 0.29) is 18.1 Å². The normalized spacial score (nSPS) is 13.8. The molecule has 0 fully saturated rings. The second-order valence-corrected chi connectivity index (χ2v) is 4.43. The van der Waals surface area contributed by atoms with Gasteiger partial charge in [-0.3, -0.25) is 4.79 Å². The molecule has 0 bridgehead atoms. The molecule has 0 heterocycles. The first kappa shape index (κ1) is 15.3. The van der Waals surface area contributed by atoms with Gasteiger partial charge in [0.15, 0.2) is 0 Å². The van der Waals surface area contributed by atoms with Crippen LogP contribution in [-0.2, 0) is 14.3 Å². The van der Waals surface area contributed by atoms with Crippen LogP contribution >= 0.6 is 0 Å². The van der Waals surface area contributed by atoms with Crippen LogP contribution in [0.25, 0.3) is 0 Å². The molecular formula is C11H23NO4. The van der Waals surface area contributed by atoms with Gasteiger partial charge in [-0.15, -0.1) is 0 Å². The standard InChI is InChI=1S/C11H23NO4/c1-9(8-10(13)14)15-6-4-11(2,3)16-7-5-12/h9H,4-8,12H2,1-3H3,(H,13,14). The average Bonchev–Trinajstić information content (AvgIpc) is 2.13. The molecule has 16 heavy (non-hydrogen) atoms. The van der Waals surface area contributed by atoms with Crippen molar-refractivity contribution in [1.29, 1.82) is 0 Å². The molecule has 0 rings (SSSR count). The van der Waals surface area contributed by atoms with Crippen molar-refractivity contribution in [2.24, 2.45) is 5.73 Å². The third-order valence-corrected chi connectivity index (χ3v) is 2.18. The molecule has 0 saturated heterocycles. The quantitative estimate of drug-likeness (QED) is 0.621. The van der Waals surface area contributed by atoms with Crippen molar-refractivity contribution >= 4 is 5.97 Å². The van der Waals surface area contributed by atoms with Crippen LogP contribution in [0.15, 0.2) is 0 Å². The molecule has 1 atom stereocenters. The number of nitrogens with two attached hydrogens (primary N) is 1. The van der Waals surface area contributed by atoms with Crippen LogP contribution in [0.5, 0.6) is 0 Å². The minimum atomic E-state index is -0.842. The average molecular weight is 233 g/mol. The first-order chi connectivity index (χ1) is 7.37. The summed E-state index contributed by atoms with van der Waals surface area (Å²) >= 11 is 0. The molecule has 5 heteroatoms. The van der Waals surface area contributed by atoms with Gasteiger partial charge in [0.2, 0.25) is 0 Å². The summed E-state index contributed by atoms with van der Waals surface area (Å²) in [7, 11) is 0. The number of hydrogen-bond donors (Lipinski definition) is 2. The van der Waals surface area contributed by atoms with Crippen LogP contribution in [0, 0.1) is 0 Å². The Balaban J connectivity index is 3.66. The van der Waals surface area contributed by atoms with Gasteiger partial charge < -0.3 is 20.3 Å². The van der Waals surface area contributed by atoms with Gasteiger partial charge in [-0.1, -0.05) is 0 Å². The number of rotatable bonds is 9. The van der Waals surface area contributed by atoms with E-state index in [0.29, 0.717) is 19.8 Å². The summed E-state index contributed by atoms with van der Waals surface area (Å²) in [5.74, 6) is -0.842. The third kappa shape index (κ3) is 8.64. The maximum absolute atomic E-state index is 10.4. The molecule has 0 aliphatic heterocycles. The van der Waals surface area contributed by atoms with E-state index in [4.69, 9.17) is 20.3 Å². The van der Waals surface area contributed by atoms with Crippen molar-refractivity contribution in [1.82, 2.24) is 0 Å². The molecule has 0 aromatic carbocycles. The minimum Gasteiger partial charge on any atom is -0.481 e. The predicted octanol–water partition coefficient (Wildman–Crippen LogP) is 1.01. The van der Waals surface area contributed by atoms with E-state index < -0.39 is 5.97 Å². The van der Waals surface area contributed by atoms with Gasteiger partial charge in [0, 0.05) is 13.2 Å². The summed E-state index contributed by atoms with van der Waals surface area (Å²) in [6.07, 6.45) is 0.490. The first-order valence-corrected chi connectivity index (χ1v) is 5.55. The molecule has 1 unspecified atom stereocenters. The highest BCUT2D eigenvalue weighted by Gasteiger charge is 2.18. The fourth-order valence-corrected chi connectivity index (χ4v) is 1.22. The number of carboxylic acid groups (broad SMARTS) is 1. The highest BCUT2D eigenvalue weighted by atomic mass is 16.5. The van der Waals surface area contributed by atoms with Gasteiger partial charge in [0.25, 0.3) is 0 Å². The topological polar surface area (TPSA) is 81.8 Å². The Hall–Kier alpha value is -0.650. The lowest BCUT2D eigenvalue weighted by molar-refractivity contribution is -0.140. The maximum Gasteiger partial charge on any atom is 0.305 e. The highest BCUT2D eigenvalue weighted by molar-refractivity contribution is 5.67. The van der Waals surface area contributed by atoms with Crippen LogP contribution in [0.4, 0.5) is 0 Å². The Bertz CT molecular complexity index is 206. The fraction of sp³-hybridized carbons (Fsp3) is 0.909. The predicted molar refractivity (Wildman–Crippen MR) is 61.4 cm³/mol. The summed E-state index contributed by atoms with van der Waals surface area (Å²) in [4.78, 5) is 10.4. The largest absolute Gasteiger partial charge is 0.481 e. The number of carboxylic acids is 1. The van der Waals surface area contributed by atoms with E-state index in [0.717, 1.165) is 6.42 Å². The fourth-order valence-electron chi connectivity index (χ4n) is 1.22.